The lowest BCUT2D eigenvalue weighted by Crippen LogP contribution is -2.54. The van der Waals surface area contributed by atoms with Gasteiger partial charge in [-0.15, -0.1) is 0 Å². The predicted octanol–water partition coefficient (Wildman–Crippen LogP) is 2.66. The van der Waals surface area contributed by atoms with Gasteiger partial charge in [-0.3, -0.25) is 9.59 Å². The number of carbonyl (C=O) groups excluding carboxylic acids is 2. The normalized spacial score (nSPS) is 22.4. The van der Waals surface area contributed by atoms with Gasteiger partial charge in [-0.05, 0) is 24.6 Å². The molecule has 0 radical (unpaired) electrons. The van der Waals surface area contributed by atoms with Crippen molar-refractivity contribution in [2.75, 3.05) is 7.11 Å². The van der Waals surface area contributed by atoms with E-state index in [1.807, 2.05) is 0 Å². The maximum Gasteiger partial charge on any atom is 0.406 e. The third kappa shape index (κ3) is 3.57. The Morgan fingerprint density at radius 2 is 1.91 bits per heavy atom. The van der Waals surface area contributed by atoms with Gasteiger partial charge in [-0.25, -0.2) is 15.4 Å². The first-order valence-electron chi connectivity index (χ1n) is 10.6. The largest absolute Gasteiger partial charge is 0.494 e. The zero-order valence-corrected chi connectivity index (χ0v) is 18.5. The number of amides is 2. The summed E-state index contributed by atoms with van der Waals surface area (Å²) < 4.78 is 53.0. The molecule has 9 nitrogen and oxygen atoms in total. The first-order chi connectivity index (χ1) is 16.6. The average Bonchev–Trinajstić information content (AvgIpc) is 3.41. The van der Waals surface area contributed by atoms with Gasteiger partial charge in [0.2, 0.25) is 5.89 Å². The second kappa shape index (κ2) is 8.01. The maximum absolute atomic E-state index is 14.0. The van der Waals surface area contributed by atoms with Crippen LogP contribution >= 0.6 is 0 Å². The number of hydrogen-bond donors (Lipinski definition) is 3. The monoisotopic (exact) mass is 487 g/mol. The molecule has 3 atom stereocenters. The fraction of sp³-hybridized carbons (Fsp3) is 0.261. The number of nitrogens with zero attached hydrogens (tertiary/aromatic N) is 2. The van der Waals surface area contributed by atoms with Crippen LogP contribution in [-0.4, -0.2) is 47.3 Å². The molecule has 2 amide bonds. The predicted molar refractivity (Wildman–Crippen MR) is 118 cm³/mol. The molecule has 12 heteroatoms. The van der Waals surface area contributed by atoms with Gasteiger partial charge < -0.3 is 20.2 Å². The van der Waals surface area contributed by atoms with Crippen LogP contribution in [0.3, 0.4) is 0 Å². The Hall–Kier alpha value is -4.06. The van der Waals surface area contributed by atoms with Crippen LogP contribution in [0.25, 0.3) is 16.7 Å². The van der Waals surface area contributed by atoms with Crippen molar-refractivity contribution in [3.8, 4) is 5.75 Å². The van der Waals surface area contributed by atoms with Crippen LogP contribution in [0.5, 0.6) is 5.75 Å². The second-order valence-electron chi connectivity index (χ2n) is 8.23. The van der Waals surface area contributed by atoms with Gasteiger partial charge in [-0.2, -0.15) is 13.2 Å². The highest BCUT2D eigenvalue weighted by Gasteiger charge is 2.58. The molecule has 0 aliphatic carbocycles. The van der Waals surface area contributed by atoms with Crippen LogP contribution in [-0.2, 0) is 4.79 Å². The van der Waals surface area contributed by atoms with E-state index >= 15 is 0 Å². The molecule has 2 aromatic carbocycles. The molecular formula is C23H20F3N5O4. The Morgan fingerprint density at radius 3 is 2.54 bits per heavy atom. The molecule has 1 fully saturated rings. The number of hydrazine groups is 1. The van der Waals surface area contributed by atoms with Crippen LogP contribution in [0.2, 0.25) is 0 Å². The number of benzene rings is 2. The minimum Gasteiger partial charge on any atom is -0.494 e. The van der Waals surface area contributed by atoms with E-state index in [0.29, 0.717) is 5.56 Å². The second-order valence-corrected chi connectivity index (χ2v) is 8.23. The Kier molecular flexibility index (Phi) is 5.20. The van der Waals surface area contributed by atoms with Gasteiger partial charge >= 0.3 is 6.18 Å². The van der Waals surface area contributed by atoms with E-state index in [0.717, 1.165) is 5.01 Å². The van der Waals surface area contributed by atoms with E-state index in [-0.39, 0.29) is 39.6 Å². The summed E-state index contributed by atoms with van der Waals surface area (Å²) in [5, 5.41) is 3.93. The summed E-state index contributed by atoms with van der Waals surface area (Å²) >= 11 is 0. The number of primary amides is 1. The fourth-order valence-corrected chi connectivity index (χ4v) is 4.60. The number of alkyl halides is 3. The lowest BCUT2D eigenvalue weighted by Gasteiger charge is -2.34. The van der Waals surface area contributed by atoms with Crippen molar-refractivity contribution in [3.05, 3.63) is 65.2 Å². The number of fused-ring (bicyclic) bond motifs is 2. The van der Waals surface area contributed by atoms with Gasteiger partial charge in [0, 0.05) is 5.70 Å². The van der Waals surface area contributed by atoms with E-state index in [2.05, 4.69) is 15.7 Å². The molecule has 3 unspecified atom stereocenters. The molecule has 2 aliphatic heterocycles. The molecule has 0 saturated carbocycles. The highest BCUT2D eigenvalue weighted by atomic mass is 19.4. The number of aromatic nitrogens is 1. The van der Waals surface area contributed by atoms with Gasteiger partial charge in [0.1, 0.15) is 23.5 Å². The maximum atomic E-state index is 14.0. The summed E-state index contributed by atoms with van der Waals surface area (Å²) in [6.45, 7) is 1.55. The van der Waals surface area contributed by atoms with E-state index in [4.69, 9.17) is 14.9 Å². The van der Waals surface area contributed by atoms with Gasteiger partial charge in [0.15, 0.2) is 11.1 Å². The van der Waals surface area contributed by atoms with E-state index in [1.54, 1.807) is 37.3 Å². The molecule has 5 rings (SSSR count). The SMILES string of the molecule is COc1ccc(C(N)=O)c2oc(C3=C(C)NC4C(c5ccccc5)C(C(F)(F)F)NN4C3=O)nc12. The zero-order valence-electron chi connectivity index (χ0n) is 18.5. The van der Waals surface area contributed by atoms with Crippen molar-refractivity contribution in [2.45, 2.75) is 31.2 Å². The Labute approximate surface area is 196 Å². The molecule has 0 bridgehead atoms. The van der Waals surface area contributed by atoms with Crippen LogP contribution in [0.1, 0.15) is 34.7 Å². The molecule has 35 heavy (non-hydrogen) atoms. The van der Waals surface area contributed by atoms with Crippen molar-refractivity contribution in [1.82, 2.24) is 20.7 Å². The number of oxazole rings is 1. The molecule has 2 aliphatic rings. The number of halogens is 3. The Balaban J connectivity index is 1.61. The van der Waals surface area contributed by atoms with Crippen LogP contribution in [0.4, 0.5) is 13.2 Å². The summed E-state index contributed by atoms with van der Waals surface area (Å²) in [5.41, 5.74) is 8.54. The minimum atomic E-state index is -4.63. The fourth-order valence-electron chi connectivity index (χ4n) is 4.60. The lowest BCUT2D eigenvalue weighted by molar-refractivity contribution is -0.161. The number of methoxy groups -OCH3 is 1. The minimum absolute atomic E-state index is 0.00628. The van der Waals surface area contributed by atoms with Crippen LogP contribution in [0, 0.1) is 0 Å². The summed E-state index contributed by atoms with van der Waals surface area (Å²) in [6.07, 6.45) is -5.64. The van der Waals surface area contributed by atoms with Gasteiger partial charge in [-0.1, -0.05) is 30.3 Å². The lowest BCUT2D eigenvalue weighted by atomic mass is 9.89. The zero-order chi connectivity index (χ0) is 25.1. The molecule has 3 heterocycles. The number of ether oxygens (including phenoxy) is 1. The van der Waals surface area contributed by atoms with Crippen LogP contribution < -0.4 is 21.2 Å². The molecule has 3 aromatic rings. The van der Waals surface area contributed by atoms with Gasteiger partial charge in [0.25, 0.3) is 11.8 Å². The third-order valence-electron chi connectivity index (χ3n) is 6.17. The van der Waals surface area contributed by atoms with E-state index in [1.165, 1.54) is 19.2 Å². The number of rotatable bonds is 4. The highest BCUT2D eigenvalue weighted by molar-refractivity contribution is 6.20. The Morgan fingerprint density at radius 1 is 1.20 bits per heavy atom. The summed E-state index contributed by atoms with van der Waals surface area (Å²) in [6, 6.07) is 9.05. The highest BCUT2D eigenvalue weighted by Crippen LogP contribution is 2.43. The first-order valence-corrected chi connectivity index (χ1v) is 10.6. The topological polar surface area (TPSA) is 123 Å². The van der Waals surface area contributed by atoms with Crippen molar-refractivity contribution in [2.24, 2.45) is 5.73 Å². The quantitative estimate of drug-likeness (QED) is 0.517. The molecular weight excluding hydrogens is 467 g/mol. The average molecular weight is 487 g/mol. The van der Waals surface area contributed by atoms with E-state index in [9.17, 15) is 22.8 Å². The molecule has 1 aromatic heterocycles. The van der Waals surface area contributed by atoms with E-state index < -0.39 is 36.1 Å². The number of allylic oxidation sites excluding steroid dienone is 1. The van der Waals surface area contributed by atoms with Crippen molar-refractivity contribution in [1.29, 1.82) is 0 Å². The summed E-state index contributed by atoms with van der Waals surface area (Å²) in [4.78, 5) is 29.7. The number of nitrogens with two attached hydrogens (primary N) is 1. The first kappa shape index (κ1) is 22.7. The smallest absolute Gasteiger partial charge is 0.406 e. The summed E-state index contributed by atoms with van der Waals surface area (Å²) in [7, 11) is 1.39. The van der Waals surface area contributed by atoms with Crippen LogP contribution in [0.15, 0.2) is 52.6 Å². The standard InChI is InChI=1S/C23H20F3N5O4/c1-10-14(21-29-16-13(34-2)9-8-12(19(27)32)17(16)35-21)22(33)31-20(28-10)15(11-6-4-3-5-7-11)18(30-31)23(24,25)26/h3-9,15,18,20,28,30H,1-2H3,(H2,27,32). The summed E-state index contributed by atoms with van der Waals surface area (Å²) in [5.74, 6) is -2.56. The molecule has 182 valence electrons. The van der Waals surface area contributed by atoms with Crippen molar-refractivity contribution in [3.63, 3.8) is 0 Å². The third-order valence-corrected chi connectivity index (χ3v) is 6.17. The van der Waals surface area contributed by atoms with Gasteiger partial charge in [0.05, 0.1) is 18.6 Å². The molecule has 1 saturated heterocycles. The molecule has 4 N–H and O–H groups in total. The number of nitrogens with one attached hydrogen (secondary N) is 2. The Bertz CT molecular complexity index is 1370. The van der Waals surface area contributed by atoms with Crippen molar-refractivity contribution < 1.29 is 31.9 Å². The van der Waals surface area contributed by atoms with Crippen molar-refractivity contribution >= 4 is 28.5 Å². The molecule has 0 spiro atoms. The number of hydrogen-bond acceptors (Lipinski definition) is 7. The number of carbonyl (C=O) groups is 2.